The van der Waals surface area contributed by atoms with Crippen LogP contribution in [0, 0.1) is 0 Å². The second-order valence-electron chi connectivity index (χ2n) is 4.32. The molecule has 0 aliphatic carbocycles. The van der Waals surface area contributed by atoms with E-state index in [0.29, 0.717) is 6.42 Å². The van der Waals surface area contributed by atoms with Gasteiger partial charge in [-0.1, -0.05) is 30.3 Å². The van der Waals surface area contributed by atoms with E-state index in [0.717, 1.165) is 22.0 Å². The van der Waals surface area contributed by atoms with Crippen LogP contribution in [0.5, 0.6) is 0 Å². The van der Waals surface area contributed by atoms with E-state index < -0.39 is 0 Å². The highest BCUT2D eigenvalue weighted by Crippen LogP contribution is 2.24. The minimum Gasteiger partial charge on any atom is -0.468 e. The van der Waals surface area contributed by atoms with Gasteiger partial charge in [0.05, 0.1) is 23.0 Å². The molecular weight excluding hydrogens is 256 g/mol. The topological polar surface area (TPSA) is 52.0 Å². The van der Waals surface area contributed by atoms with Crippen molar-refractivity contribution in [3.8, 4) is 11.3 Å². The van der Waals surface area contributed by atoms with Crippen molar-refractivity contribution in [3.05, 3.63) is 64.9 Å². The molecule has 1 atom stereocenters. The first-order valence-corrected chi connectivity index (χ1v) is 7.00. The Morgan fingerprint density at radius 3 is 2.74 bits per heavy atom. The van der Waals surface area contributed by atoms with E-state index in [1.54, 1.807) is 17.6 Å². The summed E-state index contributed by atoms with van der Waals surface area (Å²) in [5, 5.41) is 3.10. The smallest absolute Gasteiger partial charge is 0.120 e. The summed E-state index contributed by atoms with van der Waals surface area (Å²) in [5.41, 5.74) is 8.23. The Morgan fingerprint density at radius 1 is 1.16 bits per heavy atom. The van der Waals surface area contributed by atoms with E-state index in [1.165, 1.54) is 0 Å². The third-order valence-corrected chi connectivity index (χ3v) is 3.80. The number of hydrogen-bond donors (Lipinski definition) is 1. The van der Waals surface area contributed by atoms with Gasteiger partial charge < -0.3 is 10.2 Å². The van der Waals surface area contributed by atoms with E-state index in [9.17, 15) is 0 Å². The molecule has 3 nitrogen and oxygen atoms in total. The Bertz CT molecular complexity index is 631. The summed E-state index contributed by atoms with van der Waals surface area (Å²) in [7, 11) is 0. The molecule has 4 heteroatoms. The molecule has 1 aromatic carbocycles. The summed E-state index contributed by atoms with van der Waals surface area (Å²) in [6.07, 6.45) is 2.34. The fourth-order valence-electron chi connectivity index (χ4n) is 1.94. The predicted octanol–water partition coefficient (Wildman–Crippen LogP) is 3.65. The van der Waals surface area contributed by atoms with E-state index in [1.807, 2.05) is 30.3 Å². The molecule has 19 heavy (non-hydrogen) atoms. The molecule has 3 rings (SSSR count). The Kier molecular flexibility index (Phi) is 3.44. The summed E-state index contributed by atoms with van der Waals surface area (Å²) in [6.45, 7) is 0. The fourth-order valence-corrected chi connectivity index (χ4v) is 2.80. The molecule has 2 aromatic heterocycles. The lowest BCUT2D eigenvalue weighted by Gasteiger charge is -2.05. The van der Waals surface area contributed by atoms with Gasteiger partial charge in [-0.25, -0.2) is 4.98 Å². The molecule has 0 fully saturated rings. The van der Waals surface area contributed by atoms with E-state index in [2.05, 4.69) is 22.5 Å². The third-order valence-electron chi connectivity index (χ3n) is 2.92. The Balaban J connectivity index is 1.75. The zero-order valence-electron chi connectivity index (χ0n) is 10.3. The van der Waals surface area contributed by atoms with Crippen LogP contribution in [0.4, 0.5) is 0 Å². The molecule has 0 amide bonds. The molecule has 0 spiro atoms. The fraction of sp³-hybridized carbons (Fsp3) is 0.133. The number of nitrogens with zero attached hydrogens (tertiary/aromatic N) is 1. The highest BCUT2D eigenvalue weighted by atomic mass is 32.1. The van der Waals surface area contributed by atoms with Gasteiger partial charge >= 0.3 is 0 Å². The normalized spacial score (nSPS) is 12.5. The van der Waals surface area contributed by atoms with Crippen molar-refractivity contribution in [2.75, 3.05) is 0 Å². The largest absolute Gasteiger partial charge is 0.468 e. The zero-order chi connectivity index (χ0) is 13.1. The van der Waals surface area contributed by atoms with Gasteiger partial charge in [-0.3, -0.25) is 0 Å². The number of nitrogens with two attached hydrogens (primary N) is 1. The maximum atomic E-state index is 6.09. The van der Waals surface area contributed by atoms with Gasteiger partial charge in [-0.05, 0) is 12.1 Å². The van der Waals surface area contributed by atoms with Crippen molar-refractivity contribution in [3.63, 3.8) is 0 Å². The van der Waals surface area contributed by atoms with Gasteiger partial charge in [0.15, 0.2) is 0 Å². The van der Waals surface area contributed by atoms with E-state index in [-0.39, 0.29) is 6.04 Å². The summed E-state index contributed by atoms with van der Waals surface area (Å²) in [6, 6.07) is 13.8. The highest BCUT2D eigenvalue weighted by molar-refractivity contribution is 7.09. The van der Waals surface area contributed by atoms with Crippen LogP contribution in [0.1, 0.15) is 16.8 Å². The molecule has 0 aliphatic heterocycles. The van der Waals surface area contributed by atoms with Gasteiger partial charge in [0.1, 0.15) is 5.76 Å². The van der Waals surface area contributed by atoms with E-state index in [4.69, 9.17) is 10.2 Å². The van der Waals surface area contributed by atoms with Crippen LogP contribution < -0.4 is 5.73 Å². The van der Waals surface area contributed by atoms with E-state index >= 15 is 0 Å². The van der Waals surface area contributed by atoms with Crippen LogP contribution in [0.3, 0.4) is 0 Å². The summed E-state index contributed by atoms with van der Waals surface area (Å²) >= 11 is 1.64. The van der Waals surface area contributed by atoms with Crippen molar-refractivity contribution in [1.29, 1.82) is 0 Å². The standard InChI is InChI=1S/C15H14N2OS/c16-12(14-7-4-8-18-14)9-15-17-13(10-19-15)11-5-2-1-3-6-11/h1-8,10,12H,9,16H2. The maximum absolute atomic E-state index is 6.09. The molecular formula is C15H14N2OS. The summed E-state index contributed by atoms with van der Waals surface area (Å²) in [5.74, 6) is 0.802. The molecule has 0 aliphatic rings. The second kappa shape index (κ2) is 5.38. The molecule has 0 saturated heterocycles. The SMILES string of the molecule is NC(Cc1nc(-c2ccccc2)cs1)c1ccco1. The molecule has 3 aromatic rings. The van der Waals surface area contributed by atoms with Crippen molar-refractivity contribution >= 4 is 11.3 Å². The predicted molar refractivity (Wildman–Crippen MR) is 76.9 cm³/mol. The molecule has 0 radical (unpaired) electrons. The number of rotatable bonds is 4. The lowest BCUT2D eigenvalue weighted by molar-refractivity contribution is 0.464. The minimum absolute atomic E-state index is 0.134. The molecule has 96 valence electrons. The van der Waals surface area contributed by atoms with Crippen LogP contribution >= 0.6 is 11.3 Å². The average molecular weight is 270 g/mol. The molecule has 0 bridgehead atoms. The van der Waals surface area contributed by atoms with Gasteiger partial charge in [-0.15, -0.1) is 11.3 Å². The number of benzene rings is 1. The number of furan rings is 1. The lowest BCUT2D eigenvalue weighted by Crippen LogP contribution is -2.12. The molecule has 0 saturated carbocycles. The van der Waals surface area contributed by atoms with Crippen LogP contribution in [0.25, 0.3) is 11.3 Å². The van der Waals surface area contributed by atoms with Crippen molar-refractivity contribution < 1.29 is 4.42 Å². The highest BCUT2D eigenvalue weighted by Gasteiger charge is 2.12. The van der Waals surface area contributed by atoms with Gasteiger partial charge in [0, 0.05) is 17.4 Å². The maximum Gasteiger partial charge on any atom is 0.120 e. The quantitative estimate of drug-likeness (QED) is 0.787. The molecule has 2 heterocycles. The summed E-state index contributed by atoms with van der Waals surface area (Å²) < 4.78 is 5.31. The van der Waals surface area contributed by atoms with Crippen LogP contribution in [-0.4, -0.2) is 4.98 Å². The zero-order valence-corrected chi connectivity index (χ0v) is 11.1. The second-order valence-corrected chi connectivity index (χ2v) is 5.26. The van der Waals surface area contributed by atoms with Crippen molar-refractivity contribution in [2.45, 2.75) is 12.5 Å². The Labute approximate surface area is 115 Å². The van der Waals surface area contributed by atoms with Crippen molar-refractivity contribution in [2.24, 2.45) is 5.73 Å². The lowest BCUT2D eigenvalue weighted by atomic mass is 10.1. The Morgan fingerprint density at radius 2 is 2.00 bits per heavy atom. The van der Waals surface area contributed by atoms with Crippen LogP contribution in [0.2, 0.25) is 0 Å². The first-order valence-electron chi connectivity index (χ1n) is 6.12. The third kappa shape index (κ3) is 2.75. The van der Waals surface area contributed by atoms with Crippen LogP contribution in [-0.2, 0) is 6.42 Å². The van der Waals surface area contributed by atoms with Crippen molar-refractivity contribution in [1.82, 2.24) is 4.98 Å². The monoisotopic (exact) mass is 270 g/mol. The number of thiazole rings is 1. The summed E-state index contributed by atoms with van der Waals surface area (Å²) in [4.78, 5) is 4.63. The van der Waals surface area contributed by atoms with Gasteiger partial charge in [0.25, 0.3) is 0 Å². The number of aromatic nitrogens is 1. The minimum atomic E-state index is -0.134. The first kappa shape index (κ1) is 12.1. The molecule has 2 N–H and O–H groups in total. The van der Waals surface area contributed by atoms with Crippen LogP contribution in [0.15, 0.2) is 58.5 Å². The molecule has 1 unspecified atom stereocenters. The number of hydrogen-bond acceptors (Lipinski definition) is 4. The Hall–Kier alpha value is -1.91. The average Bonchev–Trinajstić information content (AvgIpc) is 3.11. The first-order chi connectivity index (χ1) is 9.33. The van der Waals surface area contributed by atoms with Gasteiger partial charge in [0.2, 0.25) is 0 Å². The van der Waals surface area contributed by atoms with Gasteiger partial charge in [-0.2, -0.15) is 0 Å².